The maximum atomic E-state index is 11.1. The highest BCUT2D eigenvalue weighted by atomic mass is 32.2. The Bertz CT molecular complexity index is 771. The van der Waals surface area contributed by atoms with E-state index in [0.717, 1.165) is 19.4 Å². The van der Waals surface area contributed by atoms with E-state index in [0.29, 0.717) is 23.1 Å². The Hall–Kier alpha value is -2.46. The predicted octanol–water partition coefficient (Wildman–Crippen LogP) is 1.61. The van der Waals surface area contributed by atoms with Gasteiger partial charge in [-0.05, 0) is 25.0 Å². The van der Waals surface area contributed by atoms with Gasteiger partial charge in [-0.3, -0.25) is 19.5 Å². The molecule has 1 aromatic carbocycles. The van der Waals surface area contributed by atoms with Gasteiger partial charge in [-0.25, -0.2) is 0 Å². The lowest BCUT2D eigenvalue weighted by molar-refractivity contribution is -0.384. The van der Waals surface area contributed by atoms with E-state index in [1.807, 2.05) is 4.57 Å². The highest BCUT2D eigenvalue weighted by Crippen LogP contribution is 2.27. The van der Waals surface area contributed by atoms with Crippen LogP contribution >= 0.6 is 11.8 Å². The van der Waals surface area contributed by atoms with E-state index in [9.17, 15) is 14.9 Å². The number of benzene rings is 1. The first kappa shape index (κ1) is 17.4. The summed E-state index contributed by atoms with van der Waals surface area (Å²) in [5.41, 5.74) is 5.93. The van der Waals surface area contributed by atoms with Gasteiger partial charge < -0.3 is 10.5 Å². The van der Waals surface area contributed by atoms with E-state index >= 15 is 0 Å². The zero-order valence-electron chi connectivity index (χ0n) is 13.3. The SMILES string of the molecule is NC(=O)CSc1nnc(-c2ccc([N+](=O)[O-])cc2)n1CC1CCCO1. The van der Waals surface area contributed by atoms with Gasteiger partial charge in [-0.2, -0.15) is 0 Å². The van der Waals surface area contributed by atoms with Gasteiger partial charge in [0.1, 0.15) is 0 Å². The molecule has 10 heteroatoms. The maximum Gasteiger partial charge on any atom is 0.269 e. The number of amides is 1. The first-order valence-electron chi connectivity index (χ1n) is 7.75. The van der Waals surface area contributed by atoms with Gasteiger partial charge in [0.05, 0.1) is 23.3 Å². The highest BCUT2D eigenvalue weighted by molar-refractivity contribution is 7.99. The molecule has 1 atom stereocenters. The molecule has 1 amide bonds. The van der Waals surface area contributed by atoms with Crippen LogP contribution in [0.15, 0.2) is 29.4 Å². The Morgan fingerprint density at radius 1 is 1.40 bits per heavy atom. The van der Waals surface area contributed by atoms with Crippen LogP contribution in [0.3, 0.4) is 0 Å². The highest BCUT2D eigenvalue weighted by Gasteiger charge is 2.22. The van der Waals surface area contributed by atoms with Crippen molar-refractivity contribution in [2.45, 2.75) is 30.6 Å². The van der Waals surface area contributed by atoms with Crippen molar-refractivity contribution in [3.63, 3.8) is 0 Å². The molecular weight excluding hydrogens is 346 g/mol. The standard InChI is InChI=1S/C15H17N5O4S/c16-13(21)9-25-15-18-17-14(19(15)8-12-2-1-7-24-12)10-3-5-11(6-4-10)20(22)23/h3-6,12H,1-2,7-9H2,(H2,16,21). The van der Waals surface area contributed by atoms with Gasteiger partial charge in [0.2, 0.25) is 5.91 Å². The quantitative estimate of drug-likeness (QED) is 0.450. The van der Waals surface area contributed by atoms with Gasteiger partial charge in [0, 0.05) is 24.3 Å². The number of ether oxygens (including phenoxy) is 1. The van der Waals surface area contributed by atoms with Crippen molar-refractivity contribution in [2.24, 2.45) is 5.73 Å². The molecule has 3 rings (SSSR count). The van der Waals surface area contributed by atoms with Crippen molar-refractivity contribution < 1.29 is 14.5 Å². The summed E-state index contributed by atoms with van der Waals surface area (Å²) in [5, 5.41) is 19.7. The smallest absolute Gasteiger partial charge is 0.269 e. The summed E-state index contributed by atoms with van der Waals surface area (Å²) in [6, 6.07) is 6.13. The predicted molar refractivity (Wildman–Crippen MR) is 91.0 cm³/mol. The van der Waals surface area contributed by atoms with Crippen LogP contribution in [0.2, 0.25) is 0 Å². The number of thioether (sulfide) groups is 1. The van der Waals surface area contributed by atoms with Crippen LogP contribution in [0.1, 0.15) is 12.8 Å². The first-order chi connectivity index (χ1) is 12.0. The summed E-state index contributed by atoms with van der Waals surface area (Å²) < 4.78 is 7.56. The Morgan fingerprint density at radius 3 is 2.76 bits per heavy atom. The Morgan fingerprint density at radius 2 is 2.16 bits per heavy atom. The van der Waals surface area contributed by atoms with Crippen LogP contribution < -0.4 is 5.73 Å². The zero-order chi connectivity index (χ0) is 17.8. The Kier molecular flexibility index (Phi) is 5.29. The molecule has 132 valence electrons. The van der Waals surface area contributed by atoms with Gasteiger partial charge >= 0.3 is 0 Å². The molecule has 1 aliphatic heterocycles. The number of primary amides is 1. The normalized spacial score (nSPS) is 16.9. The second-order valence-electron chi connectivity index (χ2n) is 5.61. The molecule has 0 aliphatic carbocycles. The molecule has 1 aromatic heterocycles. The lowest BCUT2D eigenvalue weighted by Crippen LogP contribution is -2.18. The number of rotatable bonds is 7. The Balaban J connectivity index is 1.90. The lowest BCUT2D eigenvalue weighted by atomic mass is 10.2. The van der Waals surface area contributed by atoms with E-state index in [-0.39, 0.29) is 17.5 Å². The Labute approximate surface area is 147 Å². The van der Waals surface area contributed by atoms with Crippen molar-refractivity contribution in [1.29, 1.82) is 0 Å². The molecule has 25 heavy (non-hydrogen) atoms. The van der Waals surface area contributed by atoms with Crippen LogP contribution in [0.5, 0.6) is 0 Å². The summed E-state index contributed by atoms with van der Waals surface area (Å²) in [6.45, 7) is 1.28. The van der Waals surface area contributed by atoms with E-state index in [2.05, 4.69) is 10.2 Å². The van der Waals surface area contributed by atoms with E-state index in [1.54, 1.807) is 12.1 Å². The molecule has 0 radical (unpaired) electrons. The van der Waals surface area contributed by atoms with Gasteiger partial charge in [-0.1, -0.05) is 11.8 Å². The molecule has 0 saturated carbocycles. The van der Waals surface area contributed by atoms with Crippen molar-refractivity contribution in [2.75, 3.05) is 12.4 Å². The molecule has 1 saturated heterocycles. The zero-order valence-corrected chi connectivity index (χ0v) is 14.1. The third-order valence-electron chi connectivity index (χ3n) is 3.81. The third kappa shape index (κ3) is 4.15. The number of carbonyl (C=O) groups excluding carboxylic acids is 1. The largest absolute Gasteiger partial charge is 0.376 e. The van der Waals surface area contributed by atoms with Crippen molar-refractivity contribution in [3.8, 4) is 11.4 Å². The van der Waals surface area contributed by atoms with Crippen LogP contribution in [0.25, 0.3) is 11.4 Å². The van der Waals surface area contributed by atoms with Gasteiger partial charge in [-0.15, -0.1) is 10.2 Å². The summed E-state index contributed by atoms with van der Waals surface area (Å²) in [5.74, 6) is 0.245. The van der Waals surface area contributed by atoms with E-state index < -0.39 is 10.8 Å². The molecule has 1 unspecified atom stereocenters. The minimum absolute atomic E-state index is 0.0114. The second-order valence-corrected chi connectivity index (χ2v) is 6.55. The lowest BCUT2D eigenvalue weighted by Gasteiger charge is -2.14. The number of nitro groups is 1. The summed E-state index contributed by atoms with van der Waals surface area (Å²) >= 11 is 1.21. The number of nitrogens with two attached hydrogens (primary N) is 1. The fourth-order valence-electron chi connectivity index (χ4n) is 2.63. The monoisotopic (exact) mass is 363 g/mol. The number of carbonyl (C=O) groups is 1. The minimum atomic E-state index is -0.449. The minimum Gasteiger partial charge on any atom is -0.376 e. The van der Waals surface area contributed by atoms with Crippen molar-refractivity contribution >= 4 is 23.4 Å². The van der Waals surface area contributed by atoms with Crippen molar-refractivity contribution in [3.05, 3.63) is 34.4 Å². The van der Waals surface area contributed by atoms with E-state index in [4.69, 9.17) is 10.5 Å². The number of nitro benzene ring substituents is 1. The summed E-state index contributed by atoms with van der Waals surface area (Å²) in [6.07, 6.45) is 2.00. The number of hydrogen-bond acceptors (Lipinski definition) is 7. The number of nitrogens with zero attached hydrogens (tertiary/aromatic N) is 4. The molecule has 2 aromatic rings. The average molecular weight is 363 g/mol. The molecule has 9 nitrogen and oxygen atoms in total. The maximum absolute atomic E-state index is 11.1. The van der Waals surface area contributed by atoms with E-state index in [1.165, 1.54) is 23.9 Å². The molecule has 0 spiro atoms. The summed E-state index contributed by atoms with van der Waals surface area (Å²) in [7, 11) is 0. The van der Waals surface area contributed by atoms with Crippen LogP contribution in [0.4, 0.5) is 5.69 Å². The third-order valence-corrected chi connectivity index (χ3v) is 4.80. The van der Waals surface area contributed by atoms with Gasteiger partial charge in [0.15, 0.2) is 11.0 Å². The number of aromatic nitrogens is 3. The molecule has 0 bridgehead atoms. The second kappa shape index (κ2) is 7.62. The van der Waals surface area contributed by atoms with Crippen LogP contribution in [-0.2, 0) is 16.1 Å². The molecule has 1 fully saturated rings. The van der Waals surface area contributed by atoms with Crippen LogP contribution in [-0.4, -0.2) is 44.1 Å². The van der Waals surface area contributed by atoms with Crippen molar-refractivity contribution in [1.82, 2.24) is 14.8 Å². The average Bonchev–Trinajstić information content (AvgIpc) is 3.23. The molecule has 2 heterocycles. The number of non-ortho nitro benzene ring substituents is 1. The molecular formula is C15H17N5O4S. The first-order valence-corrected chi connectivity index (χ1v) is 8.74. The topological polar surface area (TPSA) is 126 Å². The fraction of sp³-hybridized carbons (Fsp3) is 0.400. The van der Waals surface area contributed by atoms with Crippen LogP contribution in [0, 0.1) is 10.1 Å². The molecule has 1 aliphatic rings. The number of hydrogen-bond donors (Lipinski definition) is 1. The summed E-state index contributed by atoms with van der Waals surface area (Å²) in [4.78, 5) is 21.4. The van der Waals surface area contributed by atoms with Gasteiger partial charge in [0.25, 0.3) is 5.69 Å². The molecule has 2 N–H and O–H groups in total. The fourth-order valence-corrected chi connectivity index (χ4v) is 3.32.